The van der Waals surface area contributed by atoms with Crippen LogP contribution < -0.4 is 0 Å². The lowest BCUT2D eigenvalue weighted by molar-refractivity contribution is 0.368. The first-order chi connectivity index (χ1) is 3.39. The standard InChI is InChI=1S/C6H10O/c7-6-4-2-1-3-5-6/h4,7H,1-3,5H2. The molecule has 0 unspecified atom stereocenters. The Bertz CT molecular complexity index is 84.2. The fraction of sp³-hybridized carbons (Fsp3) is 0.667. The smallest absolute Gasteiger partial charge is 0.0882 e. The fourth-order valence-corrected chi connectivity index (χ4v) is 0.821. The third-order valence-electron chi connectivity index (χ3n) is 1.27. The molecule has 7 heavy (non-hydrogen) atoms. The van der Waals surface area contributed by atoms with Crippen molar-refractivity contribution in [2.45, 2.75) is 25.7 Å². The predicted octanol–water partition coefficient (Wildman–Crippen LogP) is 2.00. The summed E-state index contributed by atoms with van der Waals surface area (Å²) in [5.74, 6) is 0.589. The van der Waals surface area contributed by atoms with Crippen molar-refractivity contribution in [3.05, 3.63) is 11.8 Å². The van der Waals surface area contributed by atoms with E-state index in [4.69, 9.17) is 5.11 Å². The van der Waals surface area contributed by atoms with Gasteiger partial charge >= 0.3 is 0 Å². The molecule has 1 N–H and O–H groups in total. The monoisotopic (exact) mass is 98.1 g/mol. The number of hydrogen-bond donors (Lipinski definition) is 1. The molecule has 0 bridgehead atoms. The Hall–Kier alpha value is -0.460. The first-order valence-corrected chi connectivity index (χ1v) is 2.77. The van der Waals surface area contributed by atoms with Crippen molar-refractivity contribution in [1.82, 2.24) is 0 Å². The number of allylic oxidation sites excluding steroid dienone is 2. The lowest BCUT2D eigenvalue weighted by atomic mass is 10.1. The lowest BCUT2D eigenvalue weighted by Crippen LogP contribution is -1.88. The third-order valence-corrected chi connectivity index (χ3v) is 1.27. The van der Waals surface area contributed by atoms with Crippen molar-refractivity contribution in [3.63, 3.8) is 0 Å². The zero-order valence-corrected chi connectivity index (χ0v) is 4.35. The molecule has 0 aromatic heterocycles. The minimum Gasteiger partial charge on any atom is -0.513 e. The summed E-state index contributed by atoms with van der Waals surface area (Å²) in [5, 5.41) is 8.77. The highest BCUT2D eigenvalue weighted by molar-refractivity contribution is 4.93. The summed E-state index contributed by atoms with van der Waals surface area (Å²) in [6.07, 6.45) is 6.31. The Labute approximate surface area is 43.7 Å². The molecule has 0 aromatic rings. The third kappa shape index (κ3) is 1.22. The minimum absolute atomic E-state index is 0.589. The second-order valence-electron chi connectivity index (χ2n) is 1.94. The molecule has 1 rings (SSSR count). The van der Waals surface area contributed by atoms with E-state index in [9.17, 15) is 0 Å². The van der Waals surface area contributed by atoms with Crippen LogP contribution in [0.15, 0.2) is 11.8 Å². The Morgan fingerprint density at radius 1 is 1.43 bits per heavy atom. The van der Waals surface area contributed by atoms with Gasteiger partial charge in [-0.2, -0.15) is 0 Å². The Kier molecular flexibility index (Phi) is 1.35. The van der Waals surface area contributed by atoms with Crippen LogP contribution in [-0.2, 0) is 0 Å². The molecule has 0 radical (unpaired) electrons. The zero-order valence-electron chi connectivity index (χ0n) is 4.35. The Morgan fingerprint density at radius 3 is 2.57 bits per heavy atom. The van der Waals surface area contributed by atoms with Crippen molar-refractivity contribution in [1.29, 1.82) is 0 Å². The SMILES string of the molecule is OC1=CCCCC1. The summed E-state index contributed by atoms with van der Waals surface area (Å²) < 4.78 is 0. The first-order valence-electron chi connectivity index (χ1n) is 2.77. The molecule has 0 spiro atoms. The summed E-state index contributed by atoms with van der Waals surface area (Å²) in [7, 11) is 0. The maximum atomic E-state index is 8.77. The number of hydrogen-bond acceptors (Lipinski definition) is 1. The molecule has 0 heterocycles. The van der Waals surface area contributed by atoms with E-state index >= 15 is 0 Å². The molecule has 1 aliphatic rings. The van der Waals surface area contributed by atoms with Crippen molar-refractivity contribution < 1.29 is 5.11 Å². The van der Waals surface area contributed by atoms with Crippen LogP contribution in [0, 0.1) is 0 Å². The molecule has 1 heteroatoms. The summed E-state index contributed by atoms with van der Waals surface area (Å²) in [6.45, 7) is 0. The van der Waals surface area contributed by atoms with Gasteiger partial charge in [0.15, 0.2) is 0 Å². The molecule has 0 atom stereocenters. The highest BCUT2D eigenvalue weighted by Crippen LogP contribution is 2.13. The van der Waals surface area contributed by atoms with Gasteiger partial charge in [0, 0.05) is 6.42 Å². The van der Waals surface area contributed by atoms with Gasteiger partial charge in [-0.05, 0) is 25.3 Å². The second kappa shape index (κ2) is 2.01. The summed E-state index contributed by atoms with van der Waals surface area (Å²) in [4.78, 5) is 0. The van der Waals surface area contributed by atoms with Crippen molar-refractivity contribution in [3.8, 4) is 0 Å². The predicted molar refractivity (Wildman–Crippen MR) is 29.2 cm³/mol. The van der Waals surface area contributed by atoms with Gasteiger partial charge in [0.25, 0.3) is 0 Å². The topological polar surface area (TPSA) is 20.2 Å². The molecule has 0 fully saturated rings. The lowest BCUT2D eigenvalue weighted by Gasteiger charge is -2.04. The number of aliphatic hydroxyl groups excluding tert-OH is 1. The maximum absolute atomic E-state index is 8.77. The zero-order chi connectivity index (χ0) is 5.11. The average Bonchev–Trinajstić information content (AvgIpc) is 1.69. The molecule has 40 valence electrons. The van der Waals surface area contributed by atoms with E-state index in [1.54, 1.807) is 0 Å². The van der Waals surface area contributed by atoms with E-state index in [1.807, 2.05) is 6.08 Å². The van der Waals surface area contributed by atoms with Crippen molar-refractivity contribution >= 4 is 0 Å². The number of aliphatic hydroxyl groups is 1. The van der Waals surface area contributed by atoms with Gasteiger partial charge in [0.2, 0.25) is 0 Å². The van der Waals surface area contributed by atoms with Gasteiger partial charge in [-0.3, -0.25) is 0 Å². The molecule has 1 aliphatic carbocycles. The molecular formula is C6H10O. The van der Waals surface area contributed by atoms with E-state index < -0.39 is 0 Å². The van der Waals surface area contributed by atoms with Crippen LogP contribution in [0.1, 0.15) is 25.7 Å². The summed E-state index contributed by atoms with van der Waals surface area (Å²) in [6, 6.07) is 0. The van der Waals surface area contributed by atoms with E-state index in [2.05, 4.69) is 0 Å². The van der Waals surface area contributed by atoms with Gasteiger partial charge < -0.3 is 5.11 Å². The van der Waals surface area contributed by atoms with Crippen LogP contribution in [0.5, 0.6) is 0 Å². The minimum atomic E-state index is 0.589. The van der Waals surface area contributed by atoms with Crippen LogP contribution in [0.4, 0.5) is 0 Å². The number of rotatable bonds is 0. The normalized spacial score (nSPS) is 21.4. The molecule has 0 aromatic carbocycles. The molecule has 0 aliphatic heterocycles. The van der Waals surface area contributed by atoms with Crippen LogP contribution in [0.3, 0.4) is 0 Å². The van der Waals surface area contributed by atoms with E-state index in [0.29, 0.717) is 5.76 Å². The van der Waals surface area contributed by atoms with E-state index in [1.165, 1.54) is 12.8 Å². The largest absolute Gasteiger partial charge is 0.513 e. The van der Waals surface area contributed by atoms with Gasteiger partial charge in [-0.25, -0.2) is 0 Å². The van der Waals surface area contributed by atoms with Gasteiger partial charge in [0.05, 0.1) is 5.76 Å². The summed E-state index contributed by atoms with van der Waals surface area (Å²) >= 11 is 0. The average molecular weight is 98.1 g/mol. The molecule has 1 nitrogen and oxygen atoms in total. The van der Waals surface area contributed by atoms with E-state index in [-0.39, 0.29) is 0 Å². The van der Waals surface area contributed by atoms with Crippen LogP contribution in [-0.4, -0.2) is 5.11 Å². The molecule has 0 saturated heterocycles. The molecular weight excluding hydrogens is 88.1 g/mol. The van der Waals surface area contributed by atoms with Crippen LogP contribution in [0.25, 0.3) is 0 Å². The Morgan fingerprint density at radius 2 is 2.29 bits per heavy atom. The van der Waals surface area contributed by atoms with Gasteiger partial charge in [-0.15, -0.1) is 0 Å². The van der Waals surface area contributed by atoms with Gasteiger partial charge in [0.1, 0.15) is 0 Å². The van der Waals surface area contributed by atoms with Crippen LogP contribution in [0.2, 0.25) is 0 Å². The second-order valence-corrected chi connectivity index (χ2v) is 1.94. The van der Waals surface area contributed by atoms with Gasteiger partial charge in [-0.1, -0.05) is 0 Å². The highest BCUT2D eigenvalue weighted by Gasteiger charge is 1.97. The first kappa shape index (κ1) is 4.69. The van der Waals surface area contributed by atoms with Crippen LogP contribution >= 0.6 is 0 Å². The van der Waals surface area contributed by atoms with Crippen molar-refractivity contribution in [2.24, 2.45) is 0 Å². The van der Waals surface area contributed by atoms with Crippen molar-refractivity contribution in [2.75, 3.05) is 0 Å². The van der Waals surface area contributed by atoms with E-state index in [0.717, 1.165) is 12.8 Å². The molecule has 0 saturated carbocycles. The fourth-order valence-electron chi connectivity index (χ4n) is 0.821. The summed E-state index contributed by atoms with van der Waals surface area (Å²) in [5.41, 5.74) is 0. The maximum Gasteiger partial charge on any atom is 0.0882 e. The quantitative estimate of drug-likeness (QED) is 0.491. The Balaban J connectivity index is 2.40. The highest BCUT2D eigenvalue weighted by atomic mass is 16.3. The molecule has 0 amide bonds.